The van der Waals surface area contributed by atoms with Gasteiger partial charge >= 0.3 is 0 Å². The summed E-state index contributed by atoms with van der Waals surface area (Å²) < 4.78 is 5.36. The number of fused-ring (bicyclic) bond motifs is 1. The highest BCUT2D eigenvalue weighted by atomic mass is 16.5. The van der Waals surface area contributed by atoms with Gasteiger partial charge in [-0.15, -0.1) is 0 Å². The molecule has 0 saturated heterocycles. The Hall–Kier alpha value is -2.82. The molecule has 0 aliphatic rings. The molecule has 0 aliphatic carbocycles. The first-order valence-corrected chi connectivity index (χ1v) is 8.04. The summed E-state index contributed by atoms with van der Waals surface area (Å²) in [6.07, 6.45) is 2.04. The van der Waals surface area contributed by atoms with Crippen LogP contribution >= 0.6 is 0 Å². The molecule has 0 bridgehead atoms. The second kappa shape index (κ2) is 5.09. The number of hydrogen-bond donors (Lipinski definition) is 2. The largest absolute Gasteiger partial charge is 0.364 e. The van der Waals surface area contributed by atoms with Crippen molar-refractivity contribution in [3.63, 3.8) is 0 Å². The molecule has 3 aromatic heterocycles. The molecule has 2 N–H and O–H groups in total. The van der Waals surface area contributed by atoms with Crippen LogP contribution in [0.3, 0.4) is 0 Å². The molecule has 24 heavy (non-hydrogen) atoms. The lowest BCUT2D eigenvalue weighted by Crippen LogP contribution is -1.89. The number of aromatic amines is 2. The fourth-order valence-electron chi connectivity index (χ4n) is 3.54. The van der Waals surface area contributed by atoms with Crippen LogP contribution in [0.15, 0.2) is 22.9 Å². The predicted molar refractivity (Wildman–Crippen MR) is 95.1 cm³/mol. The van der Waals surface area contributed by atoms with E-state index in [4.69, 9.17) is 4.52 Å². The van der Waals surface area contributed by atoms with Crippen molar-refractivity contribution in [3.8, 4) is 22.3 Å². The summed E-state index contributed by atoms with van der Waals surface area (Å²) in [4.78, 5) is 11.4. The normalized spacial score (nSPS) is 11.5. The molecule has 0 aliphatic heterocycles. The van der Waals surface area contributed by atoms with Crippen molar-refractivity contribution in [2.24, 2.45) is 0 Å². The maximum atomic E-state index is 5.36. The van der Waals surface area contributed by atoms with E-state index in [9.17, 15) is 0 Å². The van der Waals surface area contributed by atoms with Gasteiger partial charge in [0.1, 0.15) is 11.6 Å². The van der Waals surface area contributed by atoms with Crippen LogP contribution in [0.2, 0.25) is 0 Å². The minimum Gasteiger partial charge on any atom is -0.364 e. The summed E-state index contributed by atoms with van der Waals surface area (Å²) >= 11 is 0. The third kappa shape index (κ3) is 2.08. The Kier molecular flexibility index (Phi) is 3.13. The summed E-state index contributed by atoms with van der Waals surface area (Å²) in [5, 5.41) is 4.10. The molecule has 5 nitrogen and oxygen atoms in total. The number of aryl methyl sites for hydroxylation is 5. The Balaban J connectivity index is 2.09. The SMILES string of the molecule is Cc1nc2cc(-c3c(C)noc3C)cc(-c3c(C)c[nH]c3C)c2[nH]1. The molecular weight excluding hydrogens is 300 g/mol. The van der Waals surface area contributed by atoms with E-state index in [-0.39, 0.29) is 0 Å². The number of nitrogens with one attached hydrogen (secondary N) is 2. The Labute approximate surface area is 140 Å². The topological polar surface area (TPSA) is 70.5 Å². The van der Waals surface area contributed by atoms with E-state index in [2.05, 4.69) is 46.1 Å². The molecule has 0 saturated carbocycles. The third-order valence-electron chi connectivity index (χ3n) is 4.58. The number of aromatic nitrogens is 4. The van der Waals surface area contributed by atoms with Gasteiger partial charge in [0.05, 0.1) is 16.7 Å². The maximum Gasteiger partial charge on any atom is 0.141 e. The fourth-order valence-corrected chi connectivity index (χ4v) is 3.54. The van der Waals surface area contributed by atoms with Crippen molar-refractivity contribution >= 4 is 11.0 Å². The fraction of sp³-hybridized carbons (Fsp3) is 0.263. The van der Waals surface area contributed by atoms with Crippen LogP contribution in [0, 0.1) is 34.6 Å². The van der Waals surface area contributed by atoms with Crippen molar-refractivity contribution < 1.29 is 4.52 Å². The van der Waals surface area contributed by atoms with Crippen LogP contribution < -0.4 is 0 Å². The summed E-state index contributed by atoms with van der Waals surface area (Å²) in [5.74, 6) is 1.74. The number of nitrogens with zero attached hydrogens (tertiary/aromatic N) is 2. The number of rotatable bonds is 2. The van der Waals surface area contributed by atoms with Crippen LogP contribution in [0.25, 0.3) is 33.3 Å². The van der Waals surface area contributed by atoms with Gasteiger partial charge in [-0.3, -0.25) is 0 Å². The molecule has 4 rings (SSSR count). The van der Waals surface area contributed by atoms with Gasteiger partial charge in [-0.05, 0) is 57.9 Å². The van der Waals surface area contributed by atoms with E-state index < -0.39 is 0 Å². The van der Waals surface area contributed by atoms with Crippen LogP contribution in [0.1, 0.15) is 28.5 Å². The molecule has 4 aromatic rings. The average Bonchev–Trinajstić information content (AvgIpc) is 3.16. The van der Waals surface area contributed by atoms with Crippen molar-refractivity contribution in [1.29, 1.82) is 0 Å². The second-order valence-electron chi connectivity index (χ2n) is 6.41. The Morgan fingerprint density at radius 1 is 1.00 bits per heavy atom. The molecular formula is C19H20N4O. The standard InChI is InChI=1S/C19H20N4O/c1-9-8-20-10(2)17(9)15-6-14(18-11(3)23-24-12(18)4)7-16-19(15)22-13(5)21-16/h6-8,20H,1-5H3,(H,21,22). The monoisotopic (exact) mass is 320 g/mol. The molecule has 122 valence electrons. The van der Waals surface area contributed by atoms with Gasteiger partial charge < -0.3 is 14.5 Å². The van der Waals surface area contributed by atoms with Gasteiger partial charge in [0.2, 0.25) is 0 Å². The molecule has 0 atom stereocenters. The quantitative estimate of drug-likeness (QED) is 0.559. The highest BCUT2D eigenvalue weighted by Gasteiger charge is 2.18. The Morgan fingerprint density at radius 2 is 1.79 bits per heavy atom. The van der Waals surface area contributed by atoms with Crippen molar-refractivity contribution in [2.75, 3.05) is 0 Å². The van der Waals surface area contributed by atoms with Crippen LogP contribution in [0.4, 0.5) is 0 Å². The molecule has 0 fully saturated rings. The smallest absolute Gasteiger partial charge is 0.141 e. The molecule has 0 unspecified atom stereocenters. The van der Waals surface area contributed by atoms with Gasteiger partial charge in [0, 0.05) is 28.6 Å². The van der Waals surface area contributed by atoms with E-state index in [0.717, 1.165) is 50.7 Å². The van der Waals surface area contributed by atoms with Crippen LogP contribution in [-0.4, -0.2) is 20.1 Å². The molecule has 3 heterocycles. The molecule has 0 radical (unpaired) electrons. The minimum atomic E-state index is 0.826. The zero-order valence-electron chi connectivity index (χ0n) is 14.5. The summed E-state index contributed by atoms with van der Waals surface area (Å²) in [5.41, 5.74) is 9.79. The first-order chi connectivity index (χ1) is 11.5. The van der Waals surface area contributed by atoms with Crippen molar-refractivity contribution in [3.05, 3.63) is 46.9 Å². The third-order valence-corrected chi connectivity index (χ3v) is 4.58. The number of imidazole rings is 1. The minimum absolute atomic E-state index is 0.826. The van der Waals surface area contributed by atoms with Gasteiger partial charge in [-0.2, -0.15) is 0 Å². The molecule has 0 spiro atoms. The highest BCUT2D eigenvalue weighted by molar-refractivity contribution is 5.97. The number of benzene rings is 1. The zero-order valence-corrected chi connectivity index (χ0v) is 14.5. The van der Waals surface area contributed by atoms with Crippen molar-refractivity contribution in [2.45, 2.75) is 34.6 Å². The predicted octanol–water partition coefficient (Wildman–Crippen LogP) is 4.76. The van der Waals surface area contributed by atoms with Crippen molar-refractivity contribution in [1.82, 2.24) is 20.1 Å². The summed E-state index contributed by atoms with van der Waals surface area (Å²) in [7, 11) is 0. The number of H-pyrrole nitrogens is 2. The first-order valence-electron chi connectivity index (χ1n) is 8.04. The van der Waals surface area contributed by atoms with E-state index >= 15 is 0 Å². The van der Waals surface area contributed by atoms with Gasteiger partial charge in [0.15, 0.2) is 0 Å². The second-order valence-corrected chi connectivity index (χ2v) is 6.41. The van der Waals surface area contributed by atoms with Gasteiger partial charge in [-0.1, -0.05) is 5.16 Å². The number of hydrogen-bond acceptors (Lipinski definition) is 3. The molecule has 0 amide bonds. The average molecular weight is 320 g/mol. The lowest BCUT2D eigenvalue weighted by molar-refractivity contribution is 0.393. The molecule has 1 aromatic carbocycles. The zero-order chi connectivity index (χ0) is 17.0. The van der Waals surface area contributed by atoms with Crippen LogP contribution in [0.5, 0.6) is 0 Å². The first kappa shape index (κ1) is 14.8. The van der Waals surface area contributed by atoms with E-state index in [1.165, 1.54) is 11.1 Å². The molecule has 5 heteroatoms. The summed E-state index contributed by atoms with van der Waals surface area (Å²) in [6, 6.07) is 4.31. The van der Waals surface area contributed by atoms with E-state index in [1.54, 1.807) is 0 Å². The van der Waals surface area contributed by atoms with Gasteiger partial charge in [0.25, 0.3) is 0 Å². The summed E-state index contributed by atoms with van der Waals surface area (Å²) in [6.45, 7) is 10.1. The highest BCUT2D eigenvalue weighted by Crippen LogP contribution is 2.37. The van der Waals surface area contributed by atoms with E-state index in [1.807, 2.05) is 27.0 Å². The Morgan fingerprint density at radius 3 is 2.42 bits per heavy atom. The lowest BCUT2D eigenvalue weighted by Gasteiger charge is -2.09. The van der Waals surface area contributed by atoms with Gasteiger partial charge in [-0.25, -0.2) is 4.98 Å². The Bertz CT molecular complexity index is 1030. The lowest BCUT2D eigenvalue weighted by atomic mass is 9.95. The van der Waals surface area contributed by atoms with E-state index in [0.29, 0.717) is 0 Å². The maximum absolute atomic E-state index is 5.36. The van der Waals surface area contributed by atoms with Crippen LogP contribution in [-0.2, 0) is 0 Å².